The maximum Gasteiger partial charge on any atom is 0.339 e. The minimum Gasteiger partial charge on any atom is -0.496 e. The number of hydrogen-bond donors (Lipinski definition) is 2. The summed E-state index contributed by atoms with van der Waals surface area (Å²) in [5.74, 6) is -0.610. The average Bonchev–Trinajstić information content (AvgIpc) is 2.63. The van der Waals surface area contributed by atoms with Crippen molar-refractivity contribution in [2.45, 2.75) is 17.9 Å². The summed E-state index contributed by atoms with van der Waals surface area (Å²) in [6.45, 7) is 2.27. The van der Waals surface area contributed by atoms with Crippen molar-refractivity contribution in [3.8, 4) is 11.5 Å². The van der Waals surface area contributed by atoms with Crippen molar-refractivity contribution >= 4 is 16.0 Å². The highest BCUT2D eigenvalue weighted by Gasteiger charge is 2.32. The van der Waals surface area contributed by atoms with Crippen LogP contribution in [-0.2, 0) is 10.0 Å². The second-order valence-corrected chi connectivity index (χ2v) is 7.81. The van der Waals surface area contributed by atoms with Crippen LogP contribution < -0.4 is 14.2 Å². The van der Waals surface area contributed by atoms with E-state index in [1.54, 1.807) is 6.07 Å². The lowest BCUT2D eigenvalue weighted by atomic mass is 9.93. The molecule has 2 unspecified atom stereocenters. The Hall–Kier alpha value is -2.58. The van der Waals surface area contributed by atoms with Crippen molar-refractivity contribution in [1.29, 1.82) is 0 Å². The number of rotatable bonds is 5. The molecule has 0 bridgehead atoms. The van der Waals surface area contributed by atoms with Gasteiger partial charge in [0.2, 0.25) is 10.0 Å². The van der Waals surface area contributed by atoms with Gasteiger partial charge >= 0.3 is 5.97 Å². The summed E-state index contributed by atoms with van der Waals surface area (Å²) < 4.78 is 39.0. The lowest BCUT2D eigenvalue weighted by Crippen LogP contribution is -2.37. The van der Waals surface area contributed by atoms with Crippen LogP contribution in [0.1, 0.15) is 28.9 Å². The Morgan fingerprint density at radius 2 is 2.00 bits per heavy atom. The highest BCUT2D eigenvalue weighted by molar-refractivity contribution is 7.89. The molecule has 1 aliphatic rings. The van der Waals surface area contributed by atoms with Gasteiger partial charge in [-0.3, -0.25) is 0 Å². The Morgan fingerprint density at radius 3 is 2.69 bits per heavy atom. The third kappa shape index (κ3) is 3.38. The van der Waals surface area contributed by atoms with Crippen molar-refractivity contribution in [3.05, 3.63) is 53.6 Å². The Kier molecular flexibility index (Phi) is 4.88. The summed E-state index contributed by atoms with van der Waals surface area (Å²) in [6.07, 6.45) is 0. The molecule has 3 rings (SSSR count). The number of para-hydroxylation sites is 1. The number of sulfonamides is 1. The topological polar surface area (TPSA) is 102 Å². The lowest BCUT2D eigenvalue weighted by Gasteiger charge is -2.31. The third-order valence-corrected chi connectivity index (χ3v) is 5.76. The summed E-state index contributed by atoms with van der Waals surface area (Å²) >= 11 is 0. The molecule has 2 aromatic carbocycles. The van der Waals surface area contributed by atoms with Crippen molar-refractivity contribution in [2.24, 2.45) is 5.92 Å². The normalized spacial score (nSPS) is 19.3. The molecule has 0 aliphatic carbocycles. The van der Waals surface area contributed by atoms with Gasteiger partial charge in [0, 0.05) is 11.5 Å². The molecule has 2 N–H and O–H groups in total. The minimum atomic E-state index is -3.94. The van der Waals surface area contributed by atoms with Crippen molar-refractivity contribution < 1.29 is 27.8 Å². The summed E-state index contributed by atoms with van der Waals surface area (Å²) in [6, 6.07) is 10.5. The van der Waals surface area contributed by atoms with Crippen molar-refractivity contribution in [1.82, 2.24) is 4.72 Å². The van der Waals surface area contributed by atoms with Crippen LogP contribution in [0.25, 0.3) is 0 Å². The van der Waals surface area contributed by atoms with Gasteiger partial charge in [-0.15, -0.1) is 0 Å². The average molecular weight is 377 g/mol. The zero-order valence-corrected chi connectivity index (χ0v) is 15.1. The van der Waals surface area contributed by atoms with Gasteiger partial charge in [-0.2, -0.15) is 0 Å². The van der Waals surface area contributed by atoms with E-state index in [2.05, 4.69) is 4.72 Å². The predicted molar refractivity (Wildman–Crippen MR) is 94.1 cm³/mol. The molecule has 8 heteroatoms. The van der Waals surface area contributed by atoms with E-state index in [0.717, 1.165) is 11.6 Å². The number of ether oxygens (including phenoxy) is 2. The fourth-order valence-electron chi connectivity index (χ4n) is 2.93. The molecule has 0 spiro atoms. The van der Waals surface area contributed by atoms with Crippen LogP contribution >= 0.6 is 0 Å². The zero-order chi connectivity index (χ0) is 18.9. The molecule has 0 amide bonds. The van der Waals surface area contributed by atoms with Gasteiger partial charge in [0.15, 0.2) is 0 Å². The fourth-order valence-corrected chi connectivity index (χ4v) is 4.28. The number of benzene rings is 2. The quantitative estimate of drug-likeness (QED) is 0.830. The first kappa shape index (κ1) is 18.2. The molecule has 7 nitrogen and oxygen atoms in total. The second-order valence-electron chi connectivity index (χ2n) is 6.09. The van der Waals surface area contributed by atoms with Crippen LogP contribution in [0.15, 0.2) is 47.4 Å². The zero-order valence-electron chi connectivity index (χ0n) is 14.3. The minimum absolute atomic E-state index is 0.0862. The fraction of sp³-hybridized carbons (Fsp3) is 0.278. The highest BCUT2D eigenvalue weighted by atomic mass is 32.2. The van der Waals surface area contributed by atoms with Crippen molar-refractivity contribution in [2.75, 3.05) is 13.7 Å². The van der Waals surface area contributed by atoms with E-state index in [1.807, 2.05) is 25.1 Å². The molecule has 0 saturated heterocycles. The Bertz CT molecular complexity index is 940. The van der Waals surface area contributed by atoms with E-state index in [9.17, 15) is 18.3 Å². The van der Waals surface area contributed by atoms with E-state index < -0.39 is 22.0 Å². The summed E-state index contributed by atoms with van der Waals surface area (Å²) in [7, 11) is -2.61. The van der Waals surface area contributed by atoms with Crippen LogP contribution in [-0.4, -0.2) is 33.2 Å². The molecule has 1 heterocycles. The molecule has 0 saturated carbocycles. The number of methoxy groups -OCH3 is 1. The summed E-state index contributed by atoms with van der Waals surface area (Å²) in [5, 5.41) is 9.27. The molecule has 1 aliphatic heterocycles. The van der Waals surface area contributed by atoms with Gasteiger partial charge in [0.1, 0.15) is 17.1 Å². The van der Waals surface area contributed by atoms with E-state index in [1.165, 1.54) is 19.2 Å². The number of carboxylic acids is 1. The number of hydrogen-bond acceptors (Lipinski definition) is 5. The lowest BCUT2D eigenvalue weighted by molar-refractivity contribution is 0.0693. The van der Waals surface area contributed by atoms with E-state index >= 15 is 0 Å². The first-order valence-corrected chi connectivity index (χ1v) is 9.47. The largest absolute Gasteiger partial charge is 0.496 e. The second kappa shape index (κ2) is 6.97. The van der Waals surface area contributed by atoms with Crippen molar-refractivity contribution in [3.63, 3.8) is 0 Å². The van der Waals surface area contributed by atoms with Crippen LogP contribution in [0.3, 0.4) is 0 Å². The highest BCUT2D eigenvalue weighted by Crippen LogP contribution is 2.36. The molecule has 0 fully saturated rings. The molecule has 0 aromatic heterocycles. The molecule has 26 heavy (non-hydrogen) atoms. The molecular weight excluding hydrogens is 358 g/mol. The maximum atomic E-state index is 12.8. The van der Waals surface area contributed by atoms with Crippen LogP contribution in [0.4, 0.5) is 0 Å². The predicted octanol–water partition coefficient (Wildman–Crippen LogP) is 2.44. The first-order valence-electron chi connectivity index (χ1n) is 7.99. The molecule has 0 radical (unpaired) electrons. The van der Waals surface area contributed by atoms with Gasteiger partial charge in [-0.25, -0.2) is 17.9 Å². The van der Waals surface area contributed by atoms with Gasteiger partial charge in [0.25, 0.3) is 0 Å². The van der Waals surface area contributed by atoms with Gasteiger partial charge in [0.05, 0.1) is 24.7 Å². The standard InChI is InChI=1S/C18H19NO6S/c1-11-10-25-16-6-4-3-5-13(16)17(11)19-26(22,23)12-7-8-15(24-2)14(9-12)18(20)21/h3-9,11,17,19H,10H2,1-2H3,(H,20,21). The number of fused-ring (bicyclic) bond motifs is 1. The number of carbonyl (C=O) groups is 1. The monoisotopic (exact) mass is 377 g/mol. The summed E-state index contributed by atoms with van der Waals surface area (Å²) in [5.41, 5.74) is 0.539. The van der Waals surface area contributed by atoms with Gasteiger partial charge in [-0.05, 0) is 24.3 Å². The van der Waals surface area contributed by atoms with E-state index in [0.29, 0.717) is 12.4 Å². The van der Waals surface area contributed by atoms with Crippen LogP contribution in [0.5, 0.6) is 11.5 Å². The molecule has 138 valence electrons. The summed E-state index contributed by atoms with van der Waals surface area (Å²) in [4.78, 5) is 11.2. The van der Waals surface area contributed by atoms with Gasteiger partial charge < -0.3 is 14.6 Å². The van der Waals surface area contributed by atoms with Gasteiger partial charge in [-0.1, -0.05) is 25.1 Å². The Morgan fingerprint density at radius 1 is 1.27 bits per heavy atom. The molecule has 2 aromatic rings. The number of nitrogens with one attached hydrogen (secondary N) is 1. The Labute approximate surface area is 151 Å². The van der Waals surface area contributed by atoms with E-state index in [-0.39, 0.29) is 22.1 Å². The Balaban J connectivity index is 1.97. The smallest absolute Gasteiger partial charge is 0.339 e. The van der Waals surface area contributed by atoms with E-state index in [4.69, 9.17) is 9.47 Å². The van der Waals surface area contributed by atoms with Crippen LogP contribution in [0.2, 0.25) is 0 Å². The first-order chi connectivity index (χ1) is 12.3. The molecular formula is C18H19NO6S. The SMILES string of the molecule is COc1ccc(S(=O)(=O)NC2c3ccccc3OCC2C)cc1C(=O)O. The van der Waals surface area contributed by atoms with Crippen LogP contribution in [0, 0.1) is 5.92 Å². The third-order valence-electron chi connectivity index (χ3n) is 4.32. The number of aromatic carboxylic acids is 1. The number of carboxylic acid groups (broad SMARTS) is 1. The maximum absolute atomic E-state index is 12.8. The molecule has 2 atom stereocenters.